The average molecular weight is 552 g/mol. The lowest BCUT2D eigenvalue weighted by molar-refractivity contribution is -0.116. The predicted octanol–water partition coefficient (Wildman–Crippen LogP) is 6.72. The number of carbonyl (C=O) groups excluding carboxylic acids is 1. The molecular weight excluding hydrogens is 514 g/mol. The van der Waals surface area contributed by atoms with Crippen LogP contribution in [0.1, 0.15) is 63.4 Å². The Morgan fingerprint density at radius 1 is 0.950 bits per heavy atom. The summed E-state index contributed by atoms with van der Waals surface area (Å²) < 4.78 is 2.32. The van der Waals surface area contributed by atoms with Crippen LogP contribution in [0.3, 0.4) is 0 Å². The van der Waals surface area contributed by atoms with Crippen molar-refractivity contribution in [1.29, 1.82) is 0 Å². The number of amides is 1. The summed E-state index contributed by atoms with van der Waals surface area (Å²) in [5.41, 5.74) is 11.0. The van der Waals surface area contributed by atoms with Gasteiger partial charge in [-0.3, -0.25) is 9.78 Å². The van der Waals surface area contributed by atoms with Crippen LogP contribution < -0.4 is 10.6 Å². The van der Waals surface area contributed by atoms with Crippen LogP contribution in [-0.2, 0) is 4.79 Å². The summed E-state index contributed by atoms with van der Waals surface area (Å²) >= 11 is 5.87. The molecule has 2 aromatic carbocycles. The standard InChI is InChI=1S/C33H37N5OS/c1-20-10-11-23(4)29(18-20)35-30(39)12-14-37-32(31(36-33(37)40)28-9-7-8-13-34-28)27-19-24(5)38(25(27)6)26-16-21(2)15-22(3)17-26/h7-11,13,15-19,31-32H,12,14H2,1-6H3,(H,35,39)(H,36,40)/t31-,32+/m1/s1. The molecule has 0 aliphatic carbocycles. The summed E-state index contributed by atoms with van der Waals surface area (Å²) in [6, 6.07) is 20.7. The first kappa shape index (κ1) is 27.6. The lowest BCUT2D eigenvalue weighted by Gasteiger charge is -2.28. The fourth-order valence-corrected chi connectivity index (χ4v) is 6.19. The first-order valence-electron chi connectivity index (χ1n) is 13.7. The highest BCUT2D eigenvalue weighted by Crippen LogP contribution is 2.41. The van der Waals surface area contributed by atoms with E-state index in [1.165, 1.54) is 16.7 Å². The summed E-state index contributed by atoms with van der Waals surface area (Å²) in [4.78, 5) is 19.9. The van der Waals surface area contributed by atoms with Gasteiger partial charge in [0.1, 0.15) is 0 Å². The molecule has 2 aromatic heterocycles. The van der Waals surface area contributed by atoms with Gasteiger partial charge in [0.25, 0.3) is 0 Å². The second kappa shape index (κ2) is 11.3. The van der Waals surface area contributed by atoms with Gasteiger partial charge in [0.15, 0.2) is 5.11 Å². The van der Waals surface area contributed by atoms with E-state index in [4.69, 9.17) is 12.2 Å². The van der Waals surface area contributed by atoms with Gasteiger partial charge in [-0.25, -0.2) is 0 Å². The Hall–Kier alpha value is -3.97. The third-order valence-electron chi connectivity index (χ3n) is 7.70. The minimum atomic E-state index is -0.135. The van der Waals surface area contributed by atoms with Crippen molar-refractivity contribution < 1.29 is 4.79 Å². The highest BCUT2D eigenvalue weighted by molar-refractivity contribution is 7.80. The molecule has 4 aromatic rings. The largest absolute Gasteiger partial charge is 0.352 e. The molecule has 0 bridgehead atoms. The lowest BCUT2D eigenvalue weighted by Crippen LogP contribution is -2.33. The van der Waals surface area contributed by atoms with Crippen LogP contribution in [-0.4, -0.2) is 32.0 Å². The van der Waals surface area contributed by atoms with E-state index in [-0.39, 0.29) is 18.0 Å². The zero-order valence-electron chi connectivity index (χ0n) is 24.1. The summed E-state index contributed by atoms with van der Waals surface area (Å²) in [6.07, 6.45) is 2.13. The molecule has 5 rings (SSSR count). The summed E-state index contributed by atoms with van der Waals surface area (Å²) in [5, 5.41) is 7.26. The molecule has 2 atom stereocenters. The first-order chi connectivity index (χ1) is 19.1. The summed E-state index contributed by atoms with van der Waals surface area (Å²) in [5.74, 6) is -0.0303. The Morgan fingerprint density at radius 2 is 1.70 bits per heavy atom. The molecule has 0 radical (unpaired) electrons. The monoisotopic (exact) mass is 551 g/mol. The molecule has 1 fully saturated rings. The van der Waals surface area contributed by atoms with Crippen molar-refractivity contribution in [3.05, 3.63) is 112 Å². The molecule has 0 spiro atoms. The van der Waals surface area contributed by atoms with E-state index in [1.807, 2.05) is 50.4 Å². The number of carbonyl (C=O) groups is 1. The van der Waals surface area contributed by atoms with Gasteiger partial charge in [0.05, 0.1) is 17.8 Å². The second-order valence-corrected chi connectivity index (χ2v) is 11.3. The Kier molecular flexibility index (Phi) is 7.76. The van der Waals surface area contributed by atoms with Crippen molar-refractivity contribution in [2.45, 2.75) is 60.0 Å². The number of aromatic nitrogens is 2. The Morgan fingerprint density at radius 3 is 2.40 bits per heavy atom. The number of anilines is 1. The van der Waals surface area contributed by atoms with Crippen LogP contribution in [0, 0.1) is 41.5 Å². The third-order valence-corrected chi connectivity index (χ3v) is 8.05. The van der Waals surface area contributed by atoms with Gasteiger partial charge in [0.2, 0.25) is 5.91 Å². The molecular formula is C33H37N5OS. The Bertz CT molecular complexity index is 1560. The number of benzene rings is 2. The van der Waals surface area contributed by atoms with Gasteiger partial charge in [-0.15, -0.1) is 0 Å². The maximum atomic E-state index is 13.1. The van der Waals surface area contributed by atoms with Crippen LogP contribution in [0.15, 0.2) is 66.9 Å². The van der Waals surface area contributed by atoms with Crippen molar-refractivity contribution in [1.82, 2.24) is 19.8 Å². The van der Waals surface area contributed by atoms with Crippen molar-refractivity contribution in [2.75, 3.05) is 11.9 Å². The number of hydrogen-bond donors (Lipinski definition) is 2. The zero-order valence-corrected chi connectivity index (χ0v) is 24.9. The Balaban J connectivity index is 1.48. The number of nitrogens with zero attached hydrogens (tertiary/aromatic N) is 3. The molecule has 0 unspecified atom stereocenters. The number of nitrogens with one attached hydrogen (secondary N) is 2. The van der Waals surface area contributed by atoms with E-state index in [0.29, 0.717) is 18.1 Å². The lowest BCUT2D eigenvalue weighted by atomic mass is 9.96. The van der Waals surface area contributed by atoms with Gasteiger partial charge >= 0.3 is 0 Å². The van der Waals surface area contributed by atoms with Crippen molar-refractivity contribution >= 4 is 28.9 Å². The smallest absolute Gasteiger partial charge is 0.226 e. The van der Waals surface area contributed by atoms with E-state index >= 15 is 0 Å². The van der Waals surface area contributed by atoms with Crippen LogP contribution in [0.25, 0.3) is 5.69 Å². The molecule has 7 heteroatoms. The second-order valence-electron chi connectivity index (χ2n) is 10.9. The first-order valence-corrected chi connectivity index (χ1v) is 14.2. The molecule has 1 saturated heterocycles. The van der Waals surface area contributed by atoms with Crippen LogP contribution in [0.4, 0.5) is 5.69 Å². The zero-order chi connectivity index (χ0) is 28.6. The van der Waals surface area contributed by atoms with Gasteiger partial charge < -0.3 is 20.1 Å². The van der Waals surface area contributed by atoms with Crippen LogP contribution in [0.5, 0.6) is 0 Å². The van der Waals surface area contributed by atoms with E-state index in [2.05, 4.69) is 83.1 Å². The van der Waals surface area contributed by atoms with Crippen LogP contribution >= 0.6 is 12.2 Å². The van der Waals surface area contributed by atoms with Gasteiger partial charge in [-0.1, -0.05) is 24.3 Å². The molecule has 0 saturated carbocycles. The maximum absolute atomic E-state index is 13.1. The molecule has 2 N–H and O–H groups in total. The number of hydrogen-bond acceptors (Lipinski definition) is 3. The molecule has 1 amide bonds. The van der Waals surface area contributed by atoms with Crippen molar-refractivity contribution in [3.63, 3.8) is 0 Å². The number of aryl methyl sites for hydroxylation is 5. The predicted molar refractivity (Wildman–Crippen MR) is 166 cm³/mol. The van der Waals surface area contributed by atoms with E-state index in [0.717, 1.165) is 39.6 Å². The number of thiocarbonyl (C=S) groups is 1. The fraction of sp³-hybridized carbons (Fsp3) is 0.303. The SMILES string of the molecule is Cc1cc(C)cc(-n2c(C)cc([C@H]3[C@@H](c4ccccn4)NC(=S)N3CCC(=O)Nc3cc(C)ccc3C)c2C)c1. The minimum Gasteiger partial charge on any atom is -0.352 e. The summed E-state index contributed by atoms with van der Waals surface area (Å²) in [7, 11) is 0. The number of rotatable bonds is 7. The normalized spacial score (nSPS) is 16.8. The Labute approximate surface area is 242 Å². The van der Waals surface area contributed by atoms with Crippen molar-refractivity contribution in [3.8, 4) is 5.69 Å². The third kappa shape index (κ3) is 5.52. The summed E-state index contributed by atoms with van der Waals surface area (Å²) in [6.45, 7) is 13.1. The highest BCUT2D eigenvalue weighted by Gasteiger charge is 2.41. The molecule has 3 heterocycles. The van der Waals surface area contributed by atoms with E-state index in [1.54, 1.807) is 0 Å². The molecule has 6 nitrogen and oxygen atoms in total. The van der Waals surface area contributed by atoms with E-state index in [9.17, 15) is 4.79 Å². The minimum absolute atomic E-state index is 0.0303. The molecule has 206 valence electrons. The fourth-order valence-electron chi connectivity index (χ4n) is 5.85. The molecule has 40 heavy (non-hydrogen) atoms. The quantitative estimate of drug-likeness (QED) is 0.250. The number of pyridine rings is 1. The average Bonchev–Trinajstić information content (AvgIpc) is 3.39. The highest BCUT2D eigenvalue weighted by atomic mass is 32.1. The van der Waals surface area contributed by atoms with Gasteiger partial charge in [-0.2, -0.15) is 0 Å². The van der Waals surface area contributed by atoms with Crippen molar-refractivity contribution in [2.24, 2.45) is 0 Å². The van der Waals surface area contributed by atoms with Gasteiger partial charge in [0, 0.05) is 41.9 Å². The van der Waals surface area contributed by atoms with E-state index < -0.39 is 0 Å². The van der Waals surface area contributed by atoms with Gasteiger partial charge in [-0.05, 0) is 118 Å². The topological polar surface area (TPSA) is 62.2 Å². The van der Waals surface area contributed by atoms with Crippen LogP contribution in [0.2, 0.25) is 0 Å². The molecule has 1 aliphatic heterocycles. The molecule has 1 aliphatic rings. The maximum Gasteiger partial charge on any atom is 0.226 e.